The number of ether oxygens (including phenoxy) is 4. The predicted molar refractivity (Wildman–Crippen MR) is 103 cm³/mol. The lowest BCUT2D eigenvalue weighted by Gasteiger charge is -2.35. The molecule has 0 radical (unpaired) electrons. The third-order valence-electron chi connectivity index (χ3n) is 5.22. The minimum absolute atomic E-state index is 0.0726. The summed E-state index contributed by atoms with van der Waals surface area (Å²) in [6, 6.07) is 5.66. The molecule has 1 atom stereocenters. The van der Waals surface area contributed by atoms with Crippen LogP contribution in [0.15, 0.2) is 18.2 Å². The van der Waals surface area contributed by atoms with E-state index in [-0.39, 0.29) is 18.4 Å². The van der Waals surface area contributed by atoms with Crippen LogP contribution < -0.4 is 14.8 Å². The quantitative estimate of drug-likeness (QED) is 0.603. The van der Waals surface area contributed by atoms with Crippen LogP contribution in [0.2, 0.25) is 0 Å². The Morgan fingerprint density at radius 1 is 1.18 bits per heavy atom. The lowest BCUT2D eigenvalue weighted by atomic mass is 9.97. The van der Waals surface area contributed by atoms with Crippen LogP contribution >= 0.6 is 0 Å². The molecule has 1 heterocycles. The summed E-state index contributed by atoms with van der Waals surface area (Å²) < 4.78 is 20.9. The SMILES string of the molecule is COc1ccc(CCNC(=O)C2(C)CCC(=O)N2CC(OC)OC)cc1OC. The maximum atomic E-state index is 12.9. The first-order chi connectivity index (χ1) is 13.4. The van der Waals surface area contributed by atoms with Crippen molar-refractivity contribution in [2.45, 2.75) is 38.0 Å². The molecule has 8 nitrogen and oxygen atoms in total. The molecule has 2 amide bonds. The molecule has 0 bridgehead atoms. The van der Waals surface area contributed by atoms with Crippen LogP contribution in [0.3, 0.4) is 0 Å². The molecule has 1 N–H and O–H groups in total. The first-order valence-corrected chi connectivity index (χ1v) is 9.24. The van der Waals surface area contributed by atoms with E-state index in [0.29, 0.717) is 37.3 Å². The second kappa shape index (κ2) is 9.75. The van der Waals surface area contributed by atoms with Crippen molar-refractivity contribution >= 4 is 11.8 Å². The van der Waals surface area contributed by atoms with Crippen molar-refractivity contribution in [3.8, 4) is 11.5 Å². The van der Waals surface area contributed by atoms with Gasteiger partial charge in [-0.3, -0.25) is 9.59 Å². The van der Waals surface area contributed by atoms with Gasteiger partial charge < -0.3 is 29.2 Å². The largest absolute Gasteiger partial charge is 0.493 e. The fourth-order valence-corrected chi connectivity index (χ4v) is 3.38. The molecule has 0 saturated carbocycles. The van der Waals surface area contributed by atoms with E-state index in [1.165, 1.54) is 14.2 Å². The van der Waals surface area contributed by atoms with Gasteiger partial charge in [-0.05, 0) is 37.5 Å². The van der Waals surface area contributed by atoms with Gasteiger partial charge in [-0.25, -0.2) is 0 Å². The van der Waals surface area contributed by atoms with E-state index in [1.54, 1.807) is 26.0 Å². The number of hydrogen-bond acceptors (Lipinski definition) is 6. The number of likely N-dealkylation sites (tertiary alicyclic amines) is 1. The molecule has 0 aliphatic carbocycles. The summed E-state index contributed by atoms with van der Waals surface area (Å²) in [5.41, 5.74) is 0.102. The molecule has 0 aromatic heterocycles. The lowest BCUT2D eigenvalue weighted by Crippen LogP contribution is -2.56. The van der Waals surface area contributed by atoms with Gasteiger partial charge in [-0.15, -0.1) is 0 Å². The van der Waals surface area contributed by atoms with E-state index in [9.17, 15) is 9.59 Å². The molecule has 1 aromatic carbocycles. The fraction of sp³-hybridized carbons (Fsp3) is 0.600. The number of carbonyl (C=O) groups excluding carboxylic acids is 2. The van der Waals surface area contributed by atoms with Crippen LogP contribution in [0, 0.1) is 0 Å². The molecule has 8 heteroatoms. The van der Waals surface area contributed by atoms with E-state index in [4.69, 9.17) is 18.9 Å². The first-order valence-electron chi connectivity index (χ1n) is 9.24. The third-order valence-corrected chi connectivity index (χ3v) is 5.22. The van der Waals surface area contributed by atoms with Gasteiger partial charge in [-0.1, -0.05) is 6.07 Å². The van der Waals surface area contributed by atoms with Gasteiger partial charge in [-0.2, -0.15) is 0 Å². The van der Waals surface area contributed by atoms with Crippen LogP contribution in [0.5, 0.6) is 11.5 Å². The van der Waals surface area contributed by atoms with Gasteiger partial charge in [0.25, 0.3) is 0 Å². The summed E-state index contributed by atoms with van der Waals surface area (Å²) in [6.45, 7) is 2.45. The number of benzene rings is 1. The van der Waals surface area contributed by atoms with E-state index < -0.39 is 11.8 Å². The fourth-order valence-electron chi connectivity index (χ4n) is 3.38. The van der Waals surface area contributed by atoms with Crippen LogP contribution in [-0.2, 0) is 25.5 Å². The number of rotatable bonds is 10. The number of nitrogens with one attached hydrogen (secondary N) is 1. The zero-order chi connectivity index (χ0) is 20.7. The van der Waals surface area contributed by atoms with Crippen molar-refractivity contribution in [3.63, 3.8) is 0 Å². The van der Waals surface area contributed by atoms with Gasteiger partial charge in [0.15, 0.2) is 17.8 Å². The van der Waals surface area contributed by atoms with Crippen molar-refractivity contribution in [1.82, 2.24) is 10.2 Å². The smallest absolute Gasteiger partial charge is 0.245 e. The highest BCUT2D eigenvalue weighted by Crippen LogP contribution is 2.31. The van der Waals surface area contributed by atoms with Crippen LogP contribution in [0.25, 0.3) is 0 Å². The topological polar surface area (TPSA) is 86.3 Å². The number of carbonyl (C=O) groups is 2. The van der Waals surface area contributed by atoms with Gasteiger partial charge in [0.05, 0.1) is 20.8 Å². The van der Waals surface area contributed by atoms with E-state index >= 15 is 0 Å². The monoisotopic (exact) mass is 394 g/mol. The van der Waals surface area contributed by atoms with Gasteiger partial charge in [0.2, 0.25) is 11.8 Å². The summed E-state index contributed by atoms with van der Waals surface area (Å²) in [5.74, 6) is 1.06. The molecule has 1 saturated heterocycles. The highest BCUT2D eigenvalue weighted by Gasteiger charge is 2.47. The molecule has 1 unspecified atom stereocenters. The zero-order valence-electron chi connectivity index (χ0n) is 17.2. The number of methoxy groups -OCH3 is 4. The Balaban J connectivity index is 1.98. The Morgan fingerprint density at radius 2 is 1.86 bits per heavy atom. The molecular weight excluding hydrogens is 364 g/mol. The van der Waals surface area contributed by atoms with Crippen molar-refractivity contribution in [2.24, 2.45) is 0 Å². The summed E-state index contributed by atoms with van der Waals surface area (Å²) in [5, 5.41) is 2.95. The lowest BCUT2D eigenvalue weighted by molar-refractivity contribution is -0.154. The van der Waals surface area contributed by atoms with Crippen molar-refractivity contribution in [2.75, 3.05) is 41.5 Å². The molecule has 156 valence electrons. The van der Waals surface area contributed by atoms with Crippen LogP contribution in [-0.4, -0.2) is 70.1 Å². The van der Waals surface area contributed by atoms with Gasteiger partial charge in [0.1, 0.15) is 5.54 Å². The molecule has 1 fully saturated rings. The minimum Gasteiger partial charge on any atom is -0.493 e. The predicted octanol–water partition coefficient (Wildman–Crippen LogP) is 1.36. The number of hydrogen-bond donors (Lipinski definition) is 1. The average Bonchev–Trinajstić information content (AvgIpc) is 3.00. The Bertz CT molecular complexity index is 691. The molecule has 1 aliphatic heterocycles. The highest BCUT2D eigenvalue weighted by atomic mass is 16.7. The van der Waals surface area contributed by atoms with E-state index in [0.717, 1.165) is 5.56 Å². The Kier molecular flexibility index (Phi) is 7.65. The first kappa shape index (κ1) is 22.0. The molecule has 1 aromatic rings. The normalized spacial score (nSPS) is 19.2. The summed E-state index contributed by atoms with van der Waals surface area (Å²) in [6.07, 6.45) is 0.865. The van der Waals surface area contributed by atoms with Gasteiger partial charge >= 0.3 is 0 Å². The van der Waals surface area contributed by atoms with Crippen LogP contribution in [0.4, 0.5) is 0 Å². The van der Waals surface area contributed by atoms with Crippen molar-refractivity contribution in [3.05, 3.63) is 23.8 Å². The maximum Gasteiger partial charge on any atom is 0.245 e. The standard InChI is InChI=1S/C20H30N2O6/c1-20(10-8-17(23)22(20)13-18(27-4)28-5)19(24)21-11-9-14-6-7-15(25-2)16(12-14)26-3/h6-7,12,18H,8-11,13H2,1-5H3,(H,21,24). The average molecular weight is 394 g/mol. The highest BCUT2D eigenvalue weighted by molar-refractivity contribution is 5.94. The summed E-state index contributed by atoms with van der Waals surface area (Å²) in [7, 11) is 6.19. The molecule has 1 aliphatic rings. The third kappa shape index (κ3) is 4.74. The Morgan fingerprint density at radius 3 is 2.46 bits per heavy atom. The Labute approximate surface area is 166 Å². The van der Waals surface area contributed by atoms with Crippen LogP contribution in [0.1, 0.15) is 25.3 Å². The molecular formula is C20H30N2O6. The zero-order valence-corrected chi connectivity index (χ0v) is 17.2. The van der Waals surface area contributed by atoms with Gasteiger partial charge in [0, 0.05) is 27.2 Å². The summed E-state index contributed by atoms with van der Waals surface area (Å²) in [4.78, 5) is 26.7. The number of nitrogens with zero attached hydrogens (tertiary/aromatic N) is 1. The molecule has 2 rings (SSSR count). The van der Waals surface area contributed by atoms with Crippen molar-refractivity contribution in [1.29, 1.82) is 0 Å². The molecule has 28 heavy (non-hydrogen) atoms. The molecule has 0 spiro atoms. The minimum atomic E-state index is -0.913. The van der Waals surface area contributed by atoms with E-state index in [2.05, 4.69) is 5.32 Å². The summed E-state index contributed by atoms with van der Waals surface area (Å²) >= 11 is 0. The second-order valence-electron chi connectivity index (χ2n) is 6.87. The second-order valence-corrected chi connectivity index (χ2v) is 6.87. The maximum absolute atomic E-state index is 12.9. The van der Waals surface area contributed by atoms with E-state index in [1.807, 2.05) is 18.2 Å². The Hall–Kier alpha value is -2.32. The van der Waals surface area contributed by atoms with Crippen molar-refractivity contribution < 1.29 is 28.5 Å². The number of amides is 2.